The van der Waals surface area contributed by atoms with Crippen molar-refractivity contribution in [2.45, 2.75) is 26.9 Å². The van der Waals surface area contributed by atoms with Crippen LogP contribution in [0.2, 0.25) is 0 Å². The Morgan fingerprint density at radius 1 is 1.38 bits per heavy atom. The lowest BCUT2D eigenvalue weighted by Crippen LogP contribution is -1.95. The minimum Gasteiger partial charge on any atom is -0.504 e. The fourth-order valence-corrected chi connectivity index (χ4v) is 1.23. The summed E-state index contributed by atoms with van der Waals surface area (Å²) in [7, 11) is 1.53. The van der Waals surface area contributed by atoms with Gasteiger partial charge in [0.05, 0.1) is 20.3 Å². The zero-order valence-electron chi connectivity index (χ0n) is 10.1. The first-order valence-electron chi connectivity index (χ1n) is 5.42. The first-order chi connectivity index (χ1) is 7.63. The molecular formula is C13H19O3. The van der Waals surface area contributed by atoms with Crippen molar-refractivity contribution in [2.75, 3.05) is 7.11 Å². The predicted molar refractivity (Wildman–Crippen MR) is 63.2 cm³/mol. The van der Waals surface area contributed by atoms with Gasteiger partial charge in [0.2, 0.25) is 0 Å². The summed E-state index contributed by atoms with van der Waals surface area (Å²) in [5.41, 5.74) is 0.981. The lowest BCUT2D eigenvalue weighted by atomic mass is 10.1. The molecule has 1 rings (SSSR count). The molecule has 0 bridgehead atoms. The summed E-state index contributed by atoms with van der Waals surface area (Å²) < 4.78 is 10.4. The Balaban J connectivity index is 2.42. The van der Waals surface area contributed by atoms with E-state index in [-0.39, 0.29) is 5.75 Å². The molecule has 0 aromatic heterocycles. The molecule has 3 heteroatoms. The molecule has 89 valence electrons. The van der Waals surface area contributed by atoms with Gasteiger partial charge in [0.15, 0.2) is 11.5 Å². The number of hydrogen-bond acceptors (Lipinski definition) is 3. The standard InChI is InChI=1S/C13H19O3/c1-10(2)6-7-16-9-11-4-5-12(14)13(8-11)15-3/h4-5,7-8,10,14H,6,9H2,1-3H3. The Morgan fingerprint density at radius 3 is 2.75 bits per heavy atom. The number of aromatic hydroxyl groups is 1. The Morgan fingerprint density at radius 2 is 2.12 bits per heavy atom. The van der Waals surface area contributed by atoms with E-state index in [0.29, 0.717) is 18.3 Å². The molecule has 1 N–H and O–H groups in total. The van der Waals surface area contributed by atoms with Gasteiger partial charge in [-0.2, -0.15) is 0 Å². The van der Waals surface area contributed by atoms with Crippen molar-refractivity contribution >= 4 is 0 Å². The second-order valence-electron chi connectivity index (χ2n) is 4.11. The molecule has 0 spiro atoms. The first-order valence-corrected chi connectivity index (χ1v) is 5.42. The highest BCUT2D eigenvalue weighted by Crippen LogP contribution is 2.26. The molecule has 0 fully saturated rings. The van der Waals surface area contributed by atoms with Crippen LogP contribution < -0.4 is 4.74 Å². The predicted octanol–water partition coefficient (Wildman–Crippen LogP) is 3.13. The summed E-state index contributed by atoms with van der Waals surface area (Å²) in [6.07, 6.45) is 0.940. The highest BCUT2D eigenvalue weighted by molar-refractivity contribution is 5.41. The van der Waals surface area contributed by atoms with Crippen LogP contribution in [-0.4, -0.2) is 12.2 Å². The number of phenolic OH excluding ortho intramolecular Hbond substituents is 1. The van der Waals surface area contributed by atoms with Crippen LogP contribution in [0, 0.1) is 12.5 Å². The maximum atomic E-state index is 9.41. The van der Waals surface area contributed by atoms with Gasteiger partial charge in [0, 0.05) is 0 Å². The van der Waals surface area contributed by atoms with E-state index in [1.807, 2.05) is 12.7 Å². The molecule has 0 aliphatic carbocycles. The average Bonchev–Trinajstić information content (AvgIpc) is 2.26. The molecule has 0 amide bonds. The number of rotatable bonds is 6. The normalized spacial score (nSPS) is 10.8. The fourth-order valence-electron chi connectivity index (χ4n) is 1.23. The maximum absolute atomic E-state index is 9.41. The van der Waals surface area contributed by atoms with Crippen LogP contribution in [0.25, 0.3) is 0 Å². The third-order valence-electron chi connectivity index (χ3n) is 2.18. The van der Waals surface area contributed by atoms with E-state index in [9.17, 15) is 5.11 Å². The Hall–Kier alpha value is -1.22. The summed E-state index contributed by atoms with van der Waals surface area (Å²) in [5, 5.41) is 9.41. The molecule has 16 heavy (non-hydrogen) atoms. The van der Waals surface area contributed by atoms with Crippen LogP contribution in [0.3, 0.4) is 0 Å². The topological polar surface area (TPSA) is 38.7 Å². The molecule has 0 aliphatic rings. The van der Waals surface area contributed by atoms with E-state index >= 15 is 0 Å². The molecule has 1 aromatic carbocycles. The van der Waals surface area contributed by atoms with E-state index in [0.717, 1.165) is 12.0 Å². The average molecular weight is 223 g/mol. The van der Waals surface area contributed by atoms with Crippen LogP contribution in [0.1, 0.15) is 25.8 Å². The minimum atomic E-state index is 0.150. The van der Waals surface area contributed by atoms with Crippen molar-refractivity contribution in [3.63, 3.8) is 0 Å². The van der Waals surface area contributed by atoms with Crippen molar-refractivity contribution in [2.24, 2.45) is 5.92 Å². The minimum absolute atomic E-state index is 0.150. The lowest BCUT2D eigenvalue weighted by molar-refractivity contribution is 0.171. The van der Waals surface area contributed by atoms with Gasteiger partial charge in [-0.15, -0.1) is 0 Å². The Bertz CT molecular complexity index is 321. The number of methoxy groups -OCH3 is 1. The van der Waals surface area contributed by atoms with Gasteiger partial charge in [-0.3, -0.25) is 0 Å². The van der Waals surface area contributed by atoms with E-state index in [1.165, 1.54) is 7.11 Å². The first kappa shape index (κ1) is 12.8. The molecule has 3 nitrogen and oxygen atoms in total. The van der Waals surface area contributed by atoms with E-state index in [4.69, 9.17) is 9.47 Å². The van der Waals surface area contributed by atoms with E-state index < -0.39 is 0 Å². The van der Waals surface area contributed by atoms with Crippen molar-refractivity contribution in [3.8, 4) is 11.5 Å². The second kappa shape index (κ2) is 6.38. The molecule has 0 heterocycles. The zero-order chi connectivity index (χ0) is 12.0. The van der Waals surface area contributed by atoms with Gasteiger partial charge in [0.1, 0.15) is 0 Å². The van der Waals surface area contributed by atoms with Crippen LogP contribution in [0.15, 0.2) is 18.2 Å². The highest BCUT2D eigenvalue weighted by Gasteiger charge is 2.03. The summed E-state index contributed by atoms with van der Waals surface area (Å²) in [6.45, 7) is 6.61. The SMILES string of the molecule is COc1cc(CO[CH]CC(C)C)ccc1O. The second-order valence-corrected chi connectivity index (χ2v) is 4.11. The van der Waals surface area contributed by atoms with Gasteiger partial charge >= 0.3 is 0 Å². The van der Waals surface area contributed by atoms with Crippen LogP contribution >= 0.6 is 0 Å². The third-order valence-corrected chi connectivity index (χ3v) is 2.18. The summed E-state index contributed by atoms with van der Waals surface area (Å²) in [6, 6.07) is 5.21. The van der Waals surface area contributed by atoms with Crippen LogP contribution in [-0.2, 0) is 11.3 Å². The van der Waals surface area contributed by atoms with Crippen LogP contribution in [0.4, 0.5) is 0 Å². The van der Waals surface area contributed by atoms with Gasteiger partial charge in [-0.1, -0.05) is 19.9 Å². The van der Waals surface area contributed by atoms with Crippen molar-refractivity contribution in [1.82, 2.24) is 0 Å². The van der Waals surface area contributed by atoms with Gasteiger partial charge in [-0.25, -0.2) is 0 Å². The molecule has 0 saturated heterocycles. The van der Waals surface area contributed by atoms with Gasteiger partial charge in [0.25, 0.3) is 0 Å². The molecule has 0 unspecified atom stereocenters. The monoisotopic (exact) mass is 223 g/mol. The molecule has 1 radical (unpaired) electrons. The maximum Gasteiger partial charge on any atom is 0.160 e. The zero-order valence-corrected chi connectivity index (χ0v) is 10.1. The highest BCUT2D eigenvalue weighted by atomic mass is 16.5. The molecule has 0 atom stereocenters. The van der Waals surface area contributed by atoms with E-state index in [2.05, 4.69) is 13.8 Å². The summed E-state index contributed by atoms with van der Waals surface area (Å²) in [4.78, 5) is 0. The largest absolute Gasteiger partial charge is 0.504 e. The summed E-state index contributed by atoms with van der Waals surface area (Å²) >= 11 is 0. The van der Waals surface area contributed by atoms with Crippen molar-refractivity contribution in [1.29, 1.82) is 0 Å². The van der Waals surface area contributed by atoms with Crippen molar-refractivity contribution < 1.29 is 14.6 Å². The number of phenols is 1. The number of hydrogen-bond donors (Lipinski definition) is 1. The summed E-state index contributed by atoms with van der Waals surface area (Å²) in [5.74, 6) is 1.23. The third kappa shape index (κ3) is 4.11. The van der Waals surface area contributed by atoms with Crippen LogP contribution in [0.5, 0.6) is 11.5 Å². The lowest BCUT2D eigenvalue weighted by Gasteiger charge is -2.08. The smallest absolute Gasteiger partial charge is 0.160 e. The number of benzene rings is 1. The van der Waals surface area contributed by atoms with Gasteiger partial charge < -0.3 is 14.6 Å². The molecule has 1 aromatic rings. The quantitative estimate of drug-likeness (QED) is 0.753. The fraction of sp³-hybridized carbons (Fsp3) is 0.462. The van der Waals surface area contributed by atoms with Crippen molar-refractivity contribution in [3.05, 3.63) is 30.4 Å². The molecule has 0 saturated carbocycles. The molecular weight excluding hydrogens is 204 g/mol. The molecule has 0 aliphatic heterocycles. The Labute approximate surface area is 97.0 Å². The van der Waals surface area contributed by atoms with E-state index in [1.54, 1.807) is 12.1 Å². The Kier molecular flexibility index (Phi) is 5.12. The number of ether oxygens (including phenoxy) is 2. The van der Waals surface area contributed by atoms with Gasteiger partial charge in [-0.05, 0) is 30.0 Å².